The second-order valence-corrected chi connectivity index (χ2v) is 4.94. The highest BCUT2D eigenvalue weighted by Gasteiger charge is 2.08. The summed E-state index contributed by atoms with van der Waals surface area (Å²) < 4.78 is 5.10. The van der Waals surface area contributed by atoms with Gasteiger partial charge in [-0.2, -0.15) is 0 Å². The molecule has 4 nitrogen and oxygen atoms in total. The lowest BCUT2D eigenvalue weighted by Gasteiger charge is -2.14. The van der Waals surface area contributed by atoms with Crippen LogP contribution in [0.15, 0.2) is 24.3 Å². The molecule has 0 fully saturated rings. The van der Waals surface area contributed by atoms with Crippen LogP contribution in [0.5, 0.6) is 5.75 Å². The van der Waals surface area contributed by atoms with Gasteiger partial charge in [-0.05, 0) is 36.5 Å². The fourth-order valence-electron chi connectivity index (χ4n) is 2.03. The van der Waals surface area contributed by atoms with Gasteiger partial charge in [0.05, 0.1) is 7.11 Å². The van der Waals surface area contributed by atoms with E-state index in [9.17, 15) is 4.79 Å². The molecule has 0 aliphatic carbocycles. The van der Waals surface area contributed by atoms with Gasteiger partial charge >= 0.3 is 0 Å². The van der Waals surface area contributed by atoms with Gasteiger partial charge in [-0.25, -0.2) is 0 Å². The minimum atomic E-state index is 0.0669. The molecule has 2 N–H and O–H groups in total. The highest BCUT2D eigenvalue weighted by molar-refractivity contribution is 5.76. The number of carbonyl (C=O) groups is 1. The summed E-state index contributed by atoms with van der Waals surface area (Å²) in [5.74, 6) is 1.26. The number of rotatable bonds is 9. The van der Waals surface area contributed by atoms with Gasteiger partial charge in [0, 0.05) is 19.6 Å². The molecule has 1 unspecified atom stereocenters. The van der Waals surface area contributed by atoms with E-state index in [1.807, 2.05) is 24.3 Å². The maximum absolute atomic E-state index is 11.8. The Kier molecular flexibility index (Phi) is 7.73. The van der Waals surface area contributed by atoms with Crippen molar-refractivity contribution in [1.82, 2.24) is 5.32 Å². The van der Waals surface area contributed by atoms with Crippen LogP contribution < -0.4 is 10.1 Å². The minimum Gasteiger partial charge on any atom is -0.497 e. The number of aliphatic hydroxyl groups is 1. The van der Waals surface area contributed by atoms with E-state index in [1.165, 1.54) is 0 Å². The van der Waals surface area contributed by atoms with Gasteiger partial charge in [0.25, 0.3) is 0 Å². The molecule has 0 aliphatic heterocycles. The SMILES string of the molecule is CCC(CCO)CNC(=O)CCc1ccc(OC)cc1. The van der Waals surface area contributed by atoms with E-state index in [-0.39, 0.29) is 12.5 Å². The zero-order chi connectivity index (χ0) is 14.8. The maximum atomic E-state index is 11.8. The Hall–Kier alpha value is -1.55. The van der Waals surface area contributed by atoms with E-state index in [0.29, 0.717) is 18.9 Å². The summed E-state index contributed by atoms with van der Waals surface area (Å²) in [5, 5.41) is 11.8. The number of aliphatic hydroxyl groups excluding tert-OH is 1. The number of amides is 1. The van der Waals surface area contributed by atoms with E-state index in [1.54, 1.807) is 7.11 Å². The monoisotopic (exact) mass is 279 g/mol. The van der Waals surface area contributed by atoms with Gasteiger partial charge < -0.3 is 15.2 Å². The number of methoxy groups -OCH3 is 1. The number of aryl methyl sites for hydroxylation is 1. The van der Waals surface area contributed by atoms with Crippen LogP contribution in [0.1, 0.15) is 31.7 Å². The van der Waals surface area contributed by atoms with Gasteiger partial charge in [0.1, 0.15) is 5.75 Å². The van der Waals surface area contributed by atoms with Gasteiger partial charge in [-0.1, -0.05) is 25.5 Å². The fourth-order valence-corrected chi connectivity index (χ4v) is 2.03. The zero-order valence-electron chi connectivity index (χ0n) is 12.4. The molecule has 0 aromatic heterocycles. The third kappa shape index (κ3) is 6.06. The topological polar surface area (TPSA) is 58.6 Å². The molecule has 1 aromatic carbocycles. The second kappa shape index (κ2) is 9.37. The van der Waals surface area contributed by atoms with E-state index in [0.717, 1.165) is 30.6 Å². The first-order chi connectivity index (χ1) is 9.69. The van der Waals surface area contributed by atoms with E-state index in [2.05, 4.69) is 12.2 Å². The second-order valence-electron chi connectivity index (χ2n) is 4.94. The van der Waals surface area contributed by atoms with Crippen LogP contribution in [-0.2, 0) is 11.2 Å². The van der Waals surface area contributed by atoms with Crippen LogP contribution in [0.4, 0.5) is 0 Å². The number of nitrogens with one attached hydrogen (secondary N) is 1. The summed E-state index contributed by atoms with van der Waals surface area (Å²) in [6.45, 7) is 2.91. The Morgan fingerprint density at radius 3 is 2.60 bits per heavy atom. The molecular formula is C16H25NO3. The van der Waals surface area contributed by atoms with Crippen molar-refractivity contribution in [2.75, 3.05) is 20.3 Å². The molecule has 112 valence electrons. The molecule has 0 saturated heterocycles. The van der Waals surface area contributed by atoms with Crippen molar-refractivity contribution in [2.45, 2.75) is 32.6 Å². The van der Waals surface area contributed by atoms with Crippen molar-refractivity contribution >= 4 is 5.91 Å². The van der Waals surface area contributed by atoms with Gasteiger partial charge in [0.15, 0.2) is 0 Å². The lowest BCUT2D eigenvalue weighted by atomic mass is 10.0. The van der Waals surface area contributed by atoms with E-state index < -0.39 is 0 Å². The Morgan fingerprint density at radius 2 is 2.05 bits per heavy atom. The molecule has 0 radical (unpaired) electrons. The minimum absolute atomic E-state index is 0.0669. The van der Waals surface area contributed by atoms with Crippen LogP contribution in [0.2, 0.25) is 0 Å². The Labute approximate surface area is 121 Å². The standard InChI is InChI=1S/C16H25NO3/c1-3-13(10-11-18)12-17-16(19)9-6-14-4-7-15(20-2)8-5-14/h4-5,7-8,13,18H,3,6,9-12H2,1-2H3,(H,17,19). The highest BCUT2D eigenvalue weighted by atomic mass is 16.5. The van der Waals surface area contributed by atoms with Crippen LogP contribution >= 0.6 is 0 Å². The molecule has 0 bridgehead atoms. The molecule has 1 atom stereocenters. The number of carbonyl (C=O) groups excluding carboxylic acids is 1. The molecule has 1 aromatic rings. The van der Waals surface area contributed by atoms with Gasteiger partial charge in [-0.15, -0.1) is 0 Å². The normalized spacial score (nSPS) is 11.9. The first-order valence-electron chi connectivity index (χ1n) is 7.20. The number of hydrogen-bond acceptors (Lipinski definition) is 3. The van der Waals surface area contributed by atoms with Gasteiger partial charge in [-0.3, -0.25) is 4.79 Å². The smallest absolute Gasteiger partial charge is 0.220 e. The first kappa shape index (κ1) is 16.5. The van der Waals surface area contributed by atoms with Crippen LogP contribution in [-0.4, -0.2) is 31.3 Å². The summed E-state index contributed by atoms with van der Waals surface area (Å²) >= 11 is 0. The summed E-state index contributed by atoms with van der Waals surface area (Å²) in [5.41, 5.74) is 1.13. The lowest BCUT2D eigenvalue weighted by molar-refractivity contribution is -0.121. The number of hydrogen-bond donors (Lipinski definition) is 2. The summed E-state index contributed by atoms with van der Waals surface area (Å²) in [7, 11) is 1.64. The molecule has 1 amide bonds. The van der Waals surface area contributed by atoms with Crippen LogP contribution in [0.3, 0.4) is 0 Å². The summed E-state index contributed by atoms with van der Waals surface area (Å²) in [6, 6.07) is 7.77. The molecule has 0 heterocycles. The summed E-state index contributed by atoms with van der Waals surface area (Å²) in [4.78, 5) is 11.8. The molecule has 1 rings (SSSR count). The number of benzene rings is 1. The van der Waals surface area contributed by atoms with E-state index >= 15 is 0 Å². The maximum Gasteiger partial charge on any atom is 0.220 e. The lowest BCUT2D eigenvalue weighted by Crippen LogP contribution is -2.29. The number of ether oxygens (including phenoxy) is 1. The molecule has 4 heteroatoms. The third-order valence-electron chi connectivity index (χ3n) is 3.50. The van der Waals surface area contributed by atoms with Crippen molar-refractivity contribution in [3.8, 4) is 5.75 Å². The highest BCUT2D eigenvalue weighted by Crippen LogP contribution is 2.12. The molecule has 0 aliphatic rings. The summed E-state index contributed by atoms with van der Waals surface area (Å²) in [6.07, 6.45) is 2.93. The van der Waals surface area contributed by atoms with Crippen molar-refractivity contribution < 1.29 is 14.6 Å². The van der Waals surface area contributed by atoms with Crippen molar-refractivity contribution in [3.63, 3.8) is 0 Å². The first-order valence-corrected chi connectivity index (χ1v) is 7.20. The quantitative estimate of drug-likeness (QED) is 0.728. The third-order valence-corrected chi connectivity index (χ3v) is 3.50. The predicted octanol–water partition coefficient (Wildman–Crippen LogP) is 2.15. The Balaban J connectivity index is 2.28. The molecule has 0 saturated carbocycles. The molecule has 20 heavy (non-hydrogen) atoms. The average Bonchev–Trinajstić information content (AvgIpc) is 2.49. The van der Waals surface area contributed by atoms with Crippen molar-refractivity contribution in [1.29, 1.82) is 0 Å². The predicted molar refractivity (Wildman–Crippen MR) is 79.8 cm³/mol. The Bertz CT molecular complexity index is 389. The van der Waals surface area contributed by atoms with Crippen molar-refractivity contribution in [3.05, 3.63) is 29.8 Å². The average molecular weight is 279 g/mol. The molecule has 0 spiro atoms. The van der Waals surface area contributed by atoms with Crippen LogP contribution in [0, 0.1) is 5.92 Å². The van der Waals surface area contributed by atoms with E-state index in [4.69, 9.17) is 9.84 Å². The van der Waals surface area contributed by atoms with Gasteiger partial charge in [0.2, 0.25) is 5.91 Å². The fraction of sp³-hybridized carbons (Fsp3) is 0.562. The van der Waals surface area contributed by atoms with Crippen LogP contribution in [0.25, 0.3) is 0 Å². The molecular weight excluding hydrogens is 254 g/mol. The van der Waals surface area contributed by atoms with Crippen molar-refractivity contribution in [2.24, 2.45) is 5.92 Å². The Morgan fingerprint density at radius 1 is 1.35 bits per heavy atom. The largest absolute Gasteiger partial charge is 0.497 e. The zero-order valence-corrected chi connectivity index (χ0v) is 12.4.